The van der Waals surface area contributed by atoms with Gasteiger partial charge in [-0.1, -0.05) is 54.1 Å². The smallest absolute Gasteiger partial charge is 0.0649 e. The molecule has 0 saturated heterocycles. The number of hydrogen-bond acceptors (Lipinski definition) is 1. The van der Waals surface area contributed by atoms with Gasteiger partial charge in [0.05, 0.1) is 10.7 Å². The van der Waals surface area contributed by atoms with Gasteiger partial charge in [-0.15, -0.1) is 0 Å². The molecule has 0 unspecified atom stereocenters. The molecule has 104 valence electrons. The molecule has 2 heteroatoms. The van der Waals surface area contributed by atoms with E-state index >= 15 is 0 Å². The fraction of sp³-hybridized carbons (Fsp3) is 0.0526. The predicted octanol–water partition coefficient (Wildman–Crippen LogP) is 6.12. The lowest BCUT2D eigenvalue weighted by molar-refractivity contribution is 1.27. The number of benzene rings is 3. The van der Waals surface area contributed by atoms with E-state index in [1.807, 2.05) is 49.4 Å². The molecule has 0 amide bonds. The Morgan fingerprint density at radius 3 is 1.71 bits per heavy atom. The van der Waals surface area contributed by atoms with E-state index in [4.69, 9.17) is 11.6 Å². The minimum Gasteiger partial charge on any atom is -0.309 e. The van der Waals surface area contributed by atoms with E-state index in [1.54, 1.807) is 0 Å². The monoisotopic (exact) mass is 293 g/mol. The highest BCUT2D eigenvalue weighted by molar-refractivity contribution is 6.33. The van der Waals surface area contributed by atoms with Crippen LogP contribution in [0.2, 0.25) is 5.02 Å². The number of nitrogens with zero attached hydrogens (tertiary/aromatic N) is 1. The molecular formula is C19H16ClN. The Morgan fingerprint density at radius 1 is 0.714 bits per heavy atom. The van der Waals surface area contributed by atoms with E-state index < -0.39 is 0 Å². The highest BCUT2D eigenvalue weighted by Gasteiger charge is 2.14. The Morgan fingerprint density at radius 2 is 1.24 bits per heavy atom. The zero-order chi connectivity index (χ0) is 14.7. The minimum absolute atomic E-state index is 0.753. The lowest BCUT2D eigenvalue weighted by Crippen LogP contribution is -2.10. The molecule has 0 spiro atoms. The van der Waals surface area contributed by atoms with Gasteiger partial charge in [-0.3, -0.25) is 0 Å². The van der Waals surface area contributed by atoms with Crippen LogP contribution >= 0.6 is 11.6 Å². The molecule has 0 radical (unpaired) electrons. The van der Waals surface area contributed by atoms with Crippen LogP contribution in [0.3, 0.4) is 0 Å². The van der Waals surface area contributed by atoms with Gasteiger partial charge in [-0.2, -0.15) is 0 Å². The first-order valence-corrected chi connectivity index (χ1v) is 7.30. The second-order valence-electron chi connectivity index (χ2n) is 4.96. The summed E-state index contributed by atoms with van der Waals surface area (Å²) in [5, 5.41) is 0.753. The fourth-order valence-corrected chi connectivity index (χ4v) is 2.69. The van der Waals surface area contributed by atoms with Crippen LogP contribution in [0.5, 0.6) is 0 Å². The van der Waals surface area contributed by atoms with Crippen molar-refractivity contribution < 1.29 is 0 Å². The number of para-hydroxylation sites is 2. The Balaban J connectivity index is 2.17. The predicted molar refractivity (Wildman–Crippen MR) is 90.9 cm³/mol. The van der Waals surface area contributed by atoms with Crippen LogP contribution in [0.15, 0.2) is 78.9 Å². The number of hydrogen-bond donors (Lipinski definition) is 0. The maximum absolute atomic E-state index is 6.48. The van der Waals surface area contributed by atoms with Gasteiger partial charge < -0.3 is 4.90 Å². The molecule has 0 bridgehead atoms. The van der Waals surface area contributed by atoms with Crippen LogP contribution in [0, 0.1) is 6.92 Å². The summed E-state index contributed by atoms with van der Waals surface area (Å²) < 4.78 is 0. The third-order valence-corrected chi connectivity index (χ3v) is 3.68. The van der Waals surface area contributed by atoms with Crippen LogP contribution in [0.4, 0.5) is 17.1 Å². The molecule has 0 saturated carbocycles. The molecule has 0 aromatic heterocycles. The van der Waals surface area contributed by atoms with E-state index in [1.165, 1.54) is 0 Å². The van der Waals surface area contributed by atoms with Gasteiger partial charge in [0.25, 0.3) is 0 Å². The van der Waals surface area contributed by atoms with Crippen molar-refractivity contribution in [3.05, 3.63) is 89.4 Å². The Kier molecular flexibility index (Phi) is 3.94. The third-order valence-electron chi connectivity index (χ3n) is 3.37. The van der Waals surface area contributed by atoms with Crippen molar-refractivity contribution in [2.24, 2.45) is 0 Å². The Bertz CT molecular complexity index is 684. The van der Waals surface area contributed by atoms with Crippen molar-refractivity contribution >= 4 is 28.7 Å². The number of aryl methyl sites for hydroxylation is 1. The summed E-state index contributed by atoms with van der Waals surface area (Å²) in [5.74, 6) is 0. The van der Waals surface area contributed by atoms with E-state index in [2.05, 4.69) is 41.3 Å². The zero-order valence-electron chi connectivity index (χ0n) is 11.8. The van der Waals surface area contributed by atoms with Gasteiger partial charge in [0.1, 0.15) is 0 Å². The normalized spacial score (nSPS) is 10.4. The van der Waals surface area contributed by atoms with Gasteiger partial charge >= 0.3 is 0 Å². The van der Waals surface area contributed by atoms with E-state index in [-0.39, 0.29) is 0 Å². The summed E-state index contributed by atoms with van der Waals surface area (Å²) in [6.45, 7) is 2.05. The molecule has 0 heterocycles. The van der Waals surface area contributed by atoms with E-state index in [0.29, 0.717) is 0 Å². The van der Waals surface area contributed by atoms with Crippen LogP contribution < -0.4 is 4.90 Å². The first-order valence-electron chi connectivity index (χ1n) is 6.92. The number of anilines is 3. The van der Waals surface area contributed by atoms with Crippen molar-refractivity contribution in [3.63, 3.8) is 0 Å². The molecule has 0 aliphatic carbocycles. The molecular weight excluding hydrogens is 278 g/mol. The highest BCUT2D eigenvalue weighted by Crippen LogP contribution is 2.38. The van der Waals surface area contributed by atoms with Crippen molar-refractivity contribution in [2.45, 2.75) is 6.92 Å². The largest absolute Gasteiger partial charge is 0.309 e. The number of rotatable bonds is 3. The molecule has 21 heavy (non-hydrogen) atoms. The minimum atomic E-state index is 0.753. The summed E-state index contributed by atoms with van der Waals surface area (Å²) in [5.41, 5.74) is 4.33. The second-order valence-corrected chi connectivity index (χ2v) is 5.37. The lowest BCUT2D eigenvalue weighted by atomic mass is 10.1. The quantitative estimate of drug-likeness (QED) is 0.562. The third kappa shape index (κ3) is 2.93. The van der Waals surface area contributed by atoms with E-state index in [9.17, 15) is 0 Å². The molecule has 3 aromatic carbocycles. The average Bonchev–Trinajstić information content (AvgIpc) is 2.52. The van der Waals surface area contributed by atoms with Crippen LogP contribution in [0.1, 0.15) is 5.56 Å². The van der Waals surface area contributed by atoms with Gasteiger partial charge in [0, 0.05) is 11.4 Å². The summed E-state index contributed by atoms with van der Waals surface area (Å²) in [6.07, 6.45) is 0. The lowest BCUT2D eigenvalue weighted by Gasteiger charge is -2.26. The van der Waals surface area contributed by atoms with E-state index in [0.717, 1.165) is 27.6 Å². The molecule has 0 N–H and O–H groups in total. The topological polar surface area (TPSA) is 3.24 Å². The summed E-state index contributed by atoms with van der Waals surface area (Å²) >= 11 is 6.48. The van der Waals surface area contributed by atoms with Crippen LogP contribution in [0.25, 0.3) is 0 Å². The van der Waals surface area contributed by atoms with Crippen molar-refractivity contribution in [3.8, 4) is 0 Å². The zero-order valence-corrected chi connectivity index (χ0v) is 12.6. The summed E-state index contributed by atoms with van der Waals surface area (Å²) in [4.78, 5) is 2.17. The average molecular weight is 294 g/mol. The molecule has 0 fully saturated rings. The Labute approximate surface area is 130 Å². The van der Waals surface area contributed by atoms with Crippen molar-refractivity contribution in [1.29, 1.82) is 0 Å². The standard InChI is InChI=1S/C19H16ClN/c1-15-12-13-19(18(20)14-15)21(16-8-4-2-5-9-16)17-10-6-3-7-11-17/h2-14H,1H3. The molecule has 3 aromatic rings. The molecule has 3 rings (SSSR count). The van der Waals surface area contributed by atoms with Gasteiger partial charge in [-0.05, 0) is 48.9 Å². The molecule has 0 aliphatic rings. The molecule has 0 aliphatic heterocycles. The SMILES string of the molecule is Cc1ccc(N(c2ccccc2)c2ccccc2)c(Cl)c1. The maximum Gasteiger partial charge on any atom is 0.0649 e. The highest BCUT2D eigenvalue weighted by atomic mass is 35.5. The van der Waals surface area contributed by atoms with Gasteiger partial charge in [0.15, 0.2) is 0 Å². The first kappa shape index (κ1) is 13.7. The molecule has 0 atom stereocenters. The first-order chi connectivity index (χ1) is 10.3. The molecule has 1 nitrogen and oxygen atoms in total. The van der Waals surface area contributed by atoms with Crippen molar-refractivity contribution in [1.82, 2.24) is 0 Å². The summed E-state index contributed by atoms with van der Waals surface area (Å²) in [7, 11) is 0. The maximum atomic E-state index is 6.48. The number of halogens is 1. The Hall–Kier alpha value is -2.25. The van der Waals surface area contributed by atoms with Crippen LogP contribution in [-0.2, 0) is 0 Å². The van der Waals surface area contributed by atoms with Crippen molar-refractivity contribution in [2.75, 3.05) is 4.90 Å². The fourth-order valence-electron chi connectivity index (χ4n) is 2.37. The van der Waals surface area contributed by atoms with Gasteiger partial charge in [0.2, 0.25) is 0 Å². The second kappa shape index (κ2) is 6.02. The van der Waals surface area contributed by atoms with Crippen LogP contribution in [-0.4, -0.2) is 0 Å². The van der Waals surface area contributed by atoms with Gasteiger partial charge in [-0.25, -0.2) is 0 Å². The summed E-state index contributed by atoms with van der Waals surface area (Å²) in [6, 6.07) is 26.7.